The predicted molar refractivity (Wildman–Crippen MR) is 79.0 cm³/mol. The van der Waals surface area contributed by atoms with Gasteiger partial charge in [0.25, 0.3) is 5.91 Å². The Balaban J connectivity index is 1.95. The molecule has 0 radical (unpaired) electrons. The van der Waals surface area contributed by atoms with Crippen molar-refractivity contribution in [2.75, 3.05) is 23.8 Å². The molecule has 20 heavy (non-hydrogen) atoms. The van der Waals surface area contributed by atoms with Gasteiger partial charge in [0.15, 0.2) is 0 Å². The number of carbonyl (C=O) groups is 1. The predicted octanol–water partition coefficient (Wildman–Crippen LogP) is 2.31. The quantitative estimate of drug-likeness (QED) is 0.682. The van der Waals surface area contributed by atoms with Gasteiger partial charge in [-0.3, -0.25) is 14.9 Å². The zero-order valence-corrected chi connectivity index (χ0v) is 12.1. The van der Waals surface area contributed by atoms with Crippen LogP contribution in [0.5, 0.6) is 0 Å². The highest BCUT2D eigenvalue weighted by Gasteiger charge is 2.18. The number of benzene rings is 1. The van der Waals surface area contributed by atoms with E-state index in [1.54, 1.807) is 0 Å². The standard InChI is InChI=1S/C12H13FN2O3S2/c13-10-5-8(1-2-11(10)15(17)18)12(16)14-6-9-7-19-3-4-20-9/h1-2,5,9H,3-4,6-7H2,(H,14,16). The van der Waals surface area contributed by atoms with Gasteiger partial charge in [-0.25, -0.2) is 0 Å². The third-order valence-corrected chi connectivity index (χ3v) is 5.63. The van der Waals surface area contributed by atoms with Crippen molar-refractivity contribution in [3.63, 3.8) is 0 Å². The van der Waals surface area contributed by atoms with Gasteiger partial charge in [0.2, 0.25) is 5.82 Å². The van der Waals surface area contributed by atoms with Crippen LogP contribution in [0.2, 0.25) is 0 Å². The average Bonchev–Trinajstić information content (AvgIpc) is 2.45. The Labute approximate surface area is 123 Å². The molecular weight excluding hydrogens is 303 g/mol. The summed E-state index contributed by atoms with van der Waals surface area (Å²) >= 11 is 3.66. The third-order valence-electron chi connectivity index (χ3n) is 2.78. The molecule has 1 unspecified atom stereocenters. The molecule has 1 amide bonds. The second kappa shape index (κ2) is 6.94. The molecule has 1 N–H and O–H groups in total. The van der Waals surface area contributed by atoms with E-state index < -0.39 is 22.3 Å². The smallest absolute Gasteiger partial charge is 0.304 e. The Morgan fingerprint density at radius 2 is 2.30 bits per heavy atom. The first-order chi connectivity index (χ1) is 9.58. The van der Waals surface area contributed by atoms with Crippen LogP contribution in [0.4, 0.5) is 10.1 Å². The van der Waals surface area contributed by atoms with E-state index in [1.807, 2.05) is 23.5 Å². The van der Waals surface area contributed by atoms with Crippen LogP contribution in [-0.2, 0) is 0 Å². The lowest BCUT2D eigenvalue weighted by atomic mass is 10.2. The van der Waals surface area contributed by atoms with E-state index >= 15 is 0 Å². The molecule has 0 aromatic heterocycles. The molecule has 8 heteroatoms. The van der Waals surface area contributed by atoms with E-state index in [-0.39, 0.29) is 5.56 Å². The monoisotopic (exact) mass is 316 g/mol. The van der Waals surface area contributed by atoms with E-state index in [0.717, 1.165) is 29.4 Å². The summed E-state index contributed by atoms with van der Waals surface area (Å²) in [4.78, 5) is 21.5. The lowest BCUT2D eigenvalue weighted by Crippen LogP contribution is -2.33. The molecular formula is C12H13FN2O3S2. The molecule has 2 rings (SSSR count). The maximum absolute atomic E-state index is 13.4. The van der Waals surface area contributed by atoms with Gasteiger partial charge in [0.05, 0.1) is 4.92 Å². The number of nitrogens with zero attached hydrogens (tertiary/aromatic N) is 1. The summed E-state index contributed by atoms with van der Waals surface area (Å²) in [7, 11) is 0. The first-order valence-corrected chi connectivity index (χ1v) is 8.20. The van der Waals surface area contributed by atoms with Gasteiger partial charge in [-0.05, 0) is 12.1 Å². The molecule has 1 aliphatic rings. The van der Waals surface area contributed by atoms with Crippen molar-refractivity contribution in [1.82, 2.24) is 5.32 Å². The minimum atomic E-state index is -0.995. The van der Waals surface area contributed by atoms with E-state index in [1.165, 1.54) is 6.07 Å². The van der Waals surface area contributed by atoms with Gasteiger partial charge >= 0.3 is 5.69 Å². The zero-order chi connectivity index (χ0) is 14.5. The van der Waals surface area contributed by atoms with Crippen molar-refractivity contribution in [3.05, 3.63) is 39.7 Å². The first-order valence-electron chi connectivity index (χ1n) is 5.99. The van der Waals surface area contributed by atoms with Crippen LogP contribution in [0.1, 0.15) is 10.4 Å². The number of amides is 1. The van der Waals surface area contributed by atoms with Crippen molar-refractivity contribution in [2.45, 2.75) is 5.25 Å². The molecule has 0 bridgehead atoms. The summed E-state index contributed by atoms with van der Waals surface area (Å²) in [6.07, 6.45) is 0. The molecule has 0 spiro atoms. The molecule has 1 atom stereocenters. The number of hydrogen-bond acceptors (Lipinski definition) is 5. The molecule has 1 heterocycles. The second-order valence-electron chi connectivity index (χ2n) is 4.20. The number of thioether (sulfide) groups is 2. The van der Waals surface area contributed by atoms with Crippen LogP contribution >= 0.6 is 23.5 Å². The van der Waals surface area contributed by atoms with E-state index in [9.17, 15) is 19.3 Å². The van der Waals surface area contributed by atoms with Crippen LogP contribution in [-0.4, -0.2) is 39.9 Å². The van der Waals surface area contributed by atoms with Crippen LogP contribution in [0.25, 0.3) is 0 Å². The molecule has 1 saturated heterocycles. The SMILES string of the molecule is O=C(NCC1CSCCS1)c1ccc([N+](=O)[O-])c(F)c1. The molecule has 1 aliphatic heterocycles. The fourth-order valence-electron chi connectivity index (χ4n) is 1.76. The van der Waals surface area contributed by atoms with E-state index in [4.69, 9.17) is 0 Å². The highest BCUT2D eigenvalue weighted by molar-refractivity contribution is 8.06. The Morgan fingerprint density at radius 1 is 1.50 bits per heavy atom. The number of carbonyl (C=O) groups excluding carboxylic acids is 1. The molecule has 5 nitrogen and oxygen atoms in total. The van der Waals surface area contributed by atoms with Crippen molar-refractivity contribution >= 4 is 35.1 Å². The van der Waals surface area contributed by atoms with Gasteiger partial charge in [0.1, 0.15) is 0 Å². The minimum absolute atomic E-state index is 0.0987. The van der Waals surface area contributed by atoms with Crippen molar-refractivity contribution in [3.8, 4) is 0 Å². The molecule has 108 valence electrons. The largest absolute Gasteiger partial charge is 0.351 e. The Morgan fingerprint density at radius 3 is 2.90 bits per heavy atom. The molecule has 0 saturated carbocycles. The lowest BCUT2D eigenvalue weighted by Gasteiger charge is -2.21. The summed E-state index contributed by atoms with van der Waals surface area (Å²) in [6, 6.07) is 3.17. The number of nitro groups is 1. The van der Waals surface area contributed by atoms with Gasteiger partial charge < -0.3 is 5.32 Å². The van der Waals surface area contributed by atoms with Gasteiger partial charge in [-0.15, -0.1) is 0 Å². The maximum atomic E-state index is 13.4. The Hall–Kier alpha value is -1.28. The lowest BCUT2D eigenvalue weighted by molar-refractivity contribution is -0.387. The minimum Gasteiger partial charge on any atom is -0.351 e. The summed E-state index contributed by atoms with van der Waals surface area (Å²) in [6.45, 7) is 0.523. The molecule has 1 aromatic rings. The van der Waals surface area contributed by atoms with Gasteiger partial charge in [-0.1, -0.05) is 0 Å². The fraction of sp³-hybridized carbons (Fsp3) is 0.417. The van der Waals surface area contributed by atoms with E-state index in [2.05, 4.69) is 5.32 Å². The summed E-state index contributed by atoms with van der Waals surface area (Å²) in [5.74, 6) is 1.78. The van der Waals surface area contributed by atoms with Gasteiger partial charge in [0, 0.05) is 40.7 Å². The topological polar surface area (TPSA) is 72.2 Å². The van der Waals surface area contributed by atoms with Crippen LogP contribution in [0.3, 0.4) is 0 Å². The highest BCUT2D eigenvalue weighted by Crippen LogP contribution is 2.23. The molecule has 1 fully saturated rings. The number of nitro benzene ring substituents is 1. The number of nitrogens with one attached hydrogen (secondary N) is 1. The Bertz CT molecular complexity index is 521. The van der Waals surface area contributed by atoms with E-state index in [0.29, 0.717) is 11.8 Å². The highest BCUT2D eigenvalue weighted by atomic mass is 32.2. The number of rotatable bonds is 4. The van der Waals surface area contributed by atoms with Crippen LogP contribution in [0.15, 0.2) is 18.2 Å². The fourth-order valence-corrected chi connectivity index (χ4v) is 4.37. The number of hydrogen-bond donors (Lipinski definition) is 1. The van der Waals surface area contributed by atoms with Crippen LogP contribution < -0.4 is 5.32 Å². The second-order valence-corrected chi connectivity index (χ2v) is 6.76. The molecule has 1 aromatic carbocycles. The molecule has 0 aliphatic carbocycles. The summed E-state index contributed by atoms with van der Waals surface area (Å²) < 4.78 is 13.4. The van der Waals surface area contributed by atoms with Crippen LogP contribution in [0, 0.1) is 15.9 Å². The third kappa shape index (κ3) is 3.86. The van der Waals surface area contributed by atoms with Gasteiger partial charge in [-0.2, -0.15) is 27.9 Å². The van der Waals surface area contributed by atoms with Crippen molar-refractivity contribution in [1.29, 1.82) is 0 Å². The van der Waals surface area contributed by atoms with Crippen molar-refractivity contribution in [2.24, 2.45) is 0 Å². The zero-order valence-electron chi connectivity index (χ0n) is 10.5. The maximum Gasteiger partial charge on any atom is 0.304 e. The average molecular weight is 316 g/mol. The summed E-state index contributed by atoms with van der Waals surface area (Å²) in [5, 5.41) is 13.6. The summed E-state index contributed by atoms with van der Waals surface area (Å²) in [5.41, 5.74) is -0.526. The Kier molecular flexibility index (Phi) is 5.24. The first kappa shape index (κ1) is 15.1. The van der Waals surface area contributed by atoms with Crippen molar-refractivity contribution < 1.29 is 14.1 Å². The number of halogens is 1. The normalized spacial score (nSPS) is 18.6.